The Balaban J connectivity index is 1.86. The van der Waals surface area contributed by atoms with Gasteiger partial charge in [-0.15, -0.1) is 13.2 Å². The van der Waals surface area contributed by atoms with Crippen LogP contribution in [0.5, 0.6) is 17.2 Å². The van der Waals surface area contributed by atoms with Crippen LogP contribution in [-0.4, -0.2) is 16.5 Å². The summed E-state index contributed by atoms with van der Waals surface area (Å²) in [5, 5.41) is 9.57. The molecule has 0 aliphatic carbocycles. The summed E-state index contributed by atoms with van der Waals surface area (Å²) >= 11 is 6.02. The predicted molar refractivity (Wildman–Crippen MR) is 101 cm³/mol. The van der Waals surface area contributed by atoms with E-state index in [9.17, 15) is 23.1 Å². The highest BCUT2D eigenvalue weighted by molar-refractivity contribution is 6.31. The standard InChI is InChI=1S/C20H15ClF3NO4/c1-11-18(21)19(27)17(16(10-26)25-11)12-5-7-13(8-6-12)28-14-3-2-4-15(9-14)29-20(22,23)24/h2-9,26H,10H2,1H3,(H,25,27). The van der Waals surface area contributed by atoms with Crippen molar-refractivity contribution in [1.29, 1.82) is 0 Å². The lowest BCUT2D eigenvalue weighted by Gasteiger charge is -2.12. The molecule has 0 saturated carbocycles. The van der Waals surface area contributed by atoms with Crippen LogP contribution in [0.2, 0.25) is 5.02 Å². The molecule has 5 nitrogen and oxygen atoms in total. The van der Waals surface area contributed by atoms with Gasteiger partial charge in [0.2, 0.25) is 5.43 Å². The molecule has 29 heavy (non-hydrogen) atoms. The molecule has 3 aromatic rings. The molecule has 2 N–H and O–H groups in total. The third kappa shape index (κ3) is 4.90. The minimum Gasteiger partial charge on any atom is -0.457 e. The molecule has 0 saturated heterocycles. The number of aryl methyl sites for hydroxylation is 1. The molecule has 0 aliphatic rings. The van der Waals surface area contributed by atoms with Crippen molar-refractivity contribution < 1.29 is 27.8 Å². The van der Waals surface area contributed by atoms with Crippen molar-refractivity contribution in [2.24, 2.45) is 0 Å². The summed E-state index contributed by atoms with van der Waals surface area (Å²) in [5.74, 6) is 0.0740. The first-order valence-corrected chi connectivity index (χ1v) is 8.72. The number of ether oxygens (including phenoxy) is 2. The van der Waals surface area contributed by atoms with Crippen molar-refractivity contribution in [2.45, 2.75) is 19.9 Å². The van der Waals surface area contributed by atoms with Gasteiger partial charge in [-0.1, -0.05) is 29.8 Å². The number of aromatic nitrogens is 1. The molecule has 0 spiro atoms. The Kier molecular flexibility index (Phi) is 5.86. The van der Waals surface area contributed by atoms with Crippen LogP contribution in [0.25, 0.3) is 11.1 Å². The van der Waals surface area contributed by atoms with E-state index < -0.39 is 17.5 Å². The predicted octanol–water partition coefficient (Wildman–Crippen LogP) is 5.19. The van der Waals surface area contributed by atoms with E-state index in [2.05, 4.69) is 9.72 Å². The van der Waals surface area contributed by atoms with Crippen LogP contribution in [-0.2, 0) is 6.61 Å². The Hall–Kier alpha value is -2.97. The minimum atomic E-state index is -4.80. The first-order valence-electron chi connectivity index (χ1n) is 8.34. The lowest BCUT2D eigenvalue weighted by molar-refractivity contribution is -0.274. The number of hydrogen-bond acceptors (Lipinski definition) is 4. The van der Waals surface area contributed by atoms with Gasteiger partial charge in [-0.3, -0.25) is 4.79 Å². The second-order valence-corrected chi connectivity index (χ2v) is 6.43. The third-order valence-corrected chi connectivity index (χ3v) is 4.43. The fourth-order valence-electron chi connectivity index (χ4n) is 2.75. The summed E-state index contributed by atoms with van der Waals surface area (Å²) in [6.07, 6.45) is -4.80. The molecule has 0 radical (unpaired) electrons. The van der Waals surface area contributed by atoms with Gasteiger partial charge in [-0.05, 0) is 36.8 Å². The summed E-state index contributed by atoms with van der Waals surface area (Å²) in [6, 6.07) is 11.4. The summed E-state index contributed by atoms with van der Waals surface area (Å²) in [6.45, 7) is 1.24. The number of rotatable bonds is 5. The minimum absolute atomic E-state index is 0.0269. The van der Waals surface area contributed by atoms with Crippen LogP contribution >= 0.6 is 11.6 Å². The molecule has 0 atom stereocenters. The van der Waals surface area contributed by atoms with Crippen molar-refractivity contribution in [1.82, 2.24) is 4.98 Å². The molecular formula is C20H15ClF3NO4. The molecule has 1 heterocycles. The normalized spacial score (nSPS) is 11.4. The highest BCUT2D eigenvalue weighted by Gasteiger charge is 2.31. The Bertz CT molecular complexity index is 1080. The van der Waals surface area contributed by atoms with Gasteiger partial charge in [0.1, 0.15) is 22.3 Å². The van der Waals surface area contributed by atoms with Gasteiger partial charge in [0.05, 0.1) is 17.9 Å². The fraction of sp³-hybridized carbons (Fsp3) is 0.150. The van der Waals surface area contributed by atoms with E-state index in [1.165, 1.54) is 12.1 Å². The van der Waals surface area contributed by atoms with Crippen LogP contribution in [0.1, 0.15) is 11.4 Å². The second kappa shape index (κ2) is 8.18. The van der Waals surface area contributed by atoms with Gasteiger partial charge >= 0.3 is 6.36 Å². The zero-order valence-electron chi connectivity index (χ0n) is 15.0. The summed E-state index contributed by atoms with van der Waals surface area (Å²) in [7, 11) is 0. The molecule has 0 fully saturated rings. The quantitative estimate of drug-likeness (QED) is 0.590. The number of nitrogens with one attached hydrogen (secondary N) is 1. The highest BCUT2D eigenvalue weighted by atomic mass is 35.5. The van der Waals surface area contributed by atoms with E-state index in [1.807, 2.05) is 0 Å². The van der Waals surface area contributed by atoms with Crippen molar-refractivity contribution in [3.63, 3.8) is 0 Å². The number of alkyl halides is 3. The number of benzene rings is 2. The Morgan fingerprint density at radius 2 is 1.72 bits per heavy atom. The average Bonchev–Trinajstić information content (AvgIpc) is 2.65. The van der Waals surface area contributed by atoms with Gasteiger partial charge < -0.3 is 19.6 Å². The van der Waals surface area contributed by atoms with E-state index in [0.29, 0.717) is 22.7 Å². The van der Waals surface area contributed by atoms with Crippen LogP contribution < -0.4 is 14.9 Å². The van der Waals surface area contributed by atoms with Crippen molar-refractivity contribution in [2.75, 3.05) is 0 Å². The molecule has 0 amide bonds. The molecular weight excluding hydrogens is 411 g/mol. The maximum absolute atomic E-state index is 12.5. The Morgan fingerprint density at radius 1 is 1.07 bits per heavy atom. The van der Waals surface area contributed by atoms with Gasteiger partial charge in [0.15, 0.2) is 0 Å². The van der Waals surface area contributed by atoms with E-state index >= 15 is 0 Å². The number of aliphatic hydroxyl groups excluding tert-OH is 1. The van der Waals surface area contributed by atoms with Gasteiger partial charge in [-0.25, -0.2) is 0 Å². The SMILES string of the molecule is Cc1[nH]c(CO)c(-c2ccc(Oc3cccc(OC(F)(F)F)c3)cc2)c(=O)c1Cl. The van der Waals surface area contributed by atoms with Crippen molar-refractivity contribution in [3.05, 3.63) is 75.2 Å². The third-order valence-electron chi connectivity index (χ3n) is 3.97. The van der Waals surface area contributed by atoms with Crippen molar-refractivity contribution >= 4 is 11.6 Å². The fourth-order valence-corrected chi connectivity index (χ4v) is 2.89. The van der Waals surface area contributed by atoms with Crippen LogP contribution in [0.3, 0.4) is 0 Å². The van der Waals surface area contributed by atoms with Crippen LogP contribution in [0, 0.1) is 6.92 Å². The maximum atomic E-state index is 12.5. The maximum Gasteiger partial charge on any atom is 0.573 e. The molecule has 0 unspecified atom stereocenters. The number of H-pyrrole nitrogens is 1. The van der Waals surface area contributed by atoms with E-state index in [1.54, 1.807) is 31.2 Å². The van der Waals surface area contributed by atoms with Gasteiger partial charge in [0, 0.05) is 11.8 Å². The second-order valence-electron chi connectivity index (χ2n) is 6.05. The summed E-state index contributed by atoms with van der Waals surface area (Å²) < 4.78 is 46.4. The molecule has 0 aliphatic heterocycles. The lowest BCUT2D eigenvalue weighted by atomic mass is 10.0. The monoisotopic (exact) mass is 425 g/mol. The Morgan fingerprint density at radius 3 is 2.34 bits per heavy atom. The van der Waals surface area contributed by atoms with Crippen LogP contribution in [0.4, 0.5) is 13.2 Å². The molecule has 3 rings (SSSR count). The molecule has 9 heteroatoms. The van der Waals surface area contributed by atoms with E-state index in [4.69, 9.17) is 16.3 Å². The van der Waals surface area contributed by atoms with Crippen molar-refractivity contribution in [3.8, 4) is 28.4 Å². The largest absolute Gasteiger partial charge is 0.573 e. The lowest BCUT2D eigenvalue weighted by Crippen LogP contribution is -2.17. The number of hydrogen-bond donors (Lipinski definition) is 2. The molecule has 2 aromatic carbocycles. The van der Waals surface area contributed by atoms with E-state index in [-0.39, 0.29) is 22.9 Å². The first kappa shape index (κ1) is 20.8. The number of halogens is 4. The zero-order valence-corrected chi connectivity index (χ0v) is 15.8. The smallest absolute Gasteiger partial charge is 0.457 e. The number of pyridine rings is 1. The summed E-state index contributed by atoms with van der Waals surface area (Å²) in [5.41, 5.74) is 1.08. The number of aromatic amines is 1. The zero-order chi connectivity index (χ0) is 21.2. The topological polar surface area (TPSA) is 71.6 Å². The molecule has 152 valence electrons. The van der Waals surface area contributed by atoms with E-state index in [0.717, 1.165) is 12.1 Å². The number of aliphatic hydroxyl groups is 1. The molecule has 1 aromatic heterocycles. The summed E-state index contributed by atoms with van der Waals surface area (Å²) in [4.78, 5) is 15.4. The average molecular weight is 426 g/mol. The highest BCUT2D eigenvalue weighted by Crippen LogP contribution is 2.30. The first-order chi connectivity index (χ1) is 13.7. The Labute approximate surface area is 168 Å². The van der Waals surface area contributed by atoms with Gasteiger partial charge in [0.25, 0.3) is 0 Å². The van der Waals surface area contributed by atoms with Crippen LogP contribution in [0.15, 0.2) is 53.3 Å². The van der Waals surface area contributed by atoms with Gasteiger partial charge in [-0.2, -0.15) is 0 Å². The molecule has 0 bridgehead atoms.